The van der Waals surface area contributed by atoms with E-state index in [-0.39, 0.29) is 0 Å². The van der Waals surface area contributed by atoms with E-state index < -0.39 is 0 Å². The molecule has 0 radical (unpaired) electrons. The maximum Gasteiger partial charge on any atom is 0.153 e. The normalized spacial score (nSPS) is 16.7. The minimum atomic E-state index is 0.808. The van der Waals surface area contributed by atoms with Gasteiger partial charge in [-0.05, 0) is 32.7 Å². The van der Waals surface area contributed by atoms with Crippen molar-refractivity contribution in [3.8, 4) is 0 Å². The fraction of sp³-hybridized carbons (Fsp3) is 0.700. The van der Waals surface area contributed by atoms with E-state index in [1.54, 1.807) is 0 Å². The van der Waals surface area contributed by atoms with E-state index in [1.807, 2.05) is 7.05 Å². The Balaban J connectivity index is 2.23. The van der Waals surface area contributed by atoms with Gasteiger partial charge in [-0.1, -0.05) is 11.6 Å². The van der Waals surface area contributed by atoms with Crippen LogP contribution in [-0.2, 0) is 19.4 Å². The average Bonchev–Trinajstić information content (AvgIpc) is 2.38. The van der Waals surface area contributed by atoms with Crippen molar-refractivity contribution in [2.45, 2.75) is 38.6 Å². The Kier molecular flexibility index (Phi) is 2.64. The number of nitrogens with zero attached hydrogens (tertiary/aromatic N) is 1. The molecule has 0 atom stereocenters. The molecular formula is C10H16N2O. The Morgan fingerprint density at radius 1 is 1.31 bits per heavy atom. The van der Waals surface area contributed by atoms with E-state index >= 15 is 0 Å². The predicted octanol–water partition coefficient (Wildman–Crippen LogP) is 1.66. The van der Waals surface area contributed by atoms with E-state index in [4.69, 9.17) is 4.52 Å². The van der Waals surface area contributed by atoms with Crippen LogP contribution in [0.1, 0.15) is 36.3 Å². The fourth-order valence-corrected chi connectivity index (χ4v) is 1.93. The molecule has 0 saturated heterocycles. The number of hydrogen-bond donors (Lipinski definition) is 1. The number of fused-ring (bicyclic) bond motifs is 1. The molecule has 3 heteroatoms. The second-order valence-electron chi connectivity index (χ2n) is 3.62. The van der Waals surface area contributed by atoms with Crippen molar-refractivity contribution in [1.29, 1.82) is 0 Å². The Bertz CT molecular complexity index is 280. The van der Waals surface area contributed by atoms with Crippen molar-refractivity contribution in [3.63, 3.8) is 0 Å². The summed E-state index contributed by atoms with van der Waals surface area (Å²) in [5.41, 5.74) is 2.56. The van der Waals surface area contributed by atoms with Gasteiger partial charge in [0, 0.05) is 5.56 Å². The SMILES string of the molecule is CNCc1onc2c1CCCCC2. The molecule has 0 bridgehead atoms. The maximum absolute atomic E-state index is 5.30. The zero-order valence-electron chi connectivity index (χ0n) is 8.10. The molecule has 0 spiro atoms. The molecular weight excluding hydrogens is 164 g/mol. The van der Waals surface area contributed by atoms with E-state index in [1.165, 1.54) is 30.5 Å². The van der Waals surface area contributed by atoms with Gasteiger partial charge < -0.3 is 9.84 Å². The van der Waals surface area contributed by atoms with E-state index in [0.29, 0.717) is 0 Å². The zero-order chi connectivity index (χ0) is 9.10. The number of aromatic nitrogens is 1. The van der Waals surface area contributed by atoms with Crippen molar-refractivity contribution in [1.82, 2.24) is 10.5 Å². The topological polar surface area (TPSA) is 38.1 Å². The summed E-state index contributed by atoms with van der Waals surface area (Å²) >= 11 is 0. The standard InChI is InChI=1S/C10H16N2O/c1-11-7-10-8-5-3-2-4-6-9(8)12-13-10/h11H,2-7H2,1H3. The summed E-state index contributed by atoms with van der Waals surface area (Å²) in [6.45, 7) is 0.808. The quantitative estimate of drug-likeness (QED) is 0.703. The third kappa shape index (κ3) is 1.75. The van der Waals surface area contributed by atoms with E-state index in [2.05, 4.69) is 10.5 Å². The van der Waals surface area contributed by atoms with Crippen LogP contribution in [0.15, 0.2) is 4.52 Å². The van der Waals surface area contributed by atoms with Crippen molar-refractivity contribution >= 4 is 0 Å². The summed E-state index contributed by atoms with van der Waals surface area (Å²) in [7, 11) is 1.94. The number of nitrogens with one attached hydrogen (secondary N) is 1. The van der Waals surface area contributed by atoms with Gasteiger partial charge in [-0.15, -0.1) is 0 Å². The first-order chi connectivity index (χ1) is 6.42. The molecule has 1 aromatic rings. The Hall–Kier alpha value is -0.830. The molecule has 72 valence electrons. The van der Waals surface area contributed by atoms with Crippen LogP contribution in [0.5, 0.6) is 0 Å². The zero-order valence-corrected chi connectivity index (χ0v) is 8.10. The van der Waals surface area contributed by atoms with Crippen molar-refractivity contribution in [2.24, 2.45) is 0 Å². The van der Waals surface area contributed by atoms with Gasteiger partial charge in [-0.2, -0.15) is 0 Å². The third-order valence-corrected chi connectivity index (χ3v) is 2.63. The summed E-state index contributed by atoms with van der Waals surface area (Å²) in [6.07, 6.45) is 6.12. The second kappa shape index (κ2) is 3.92. The van der Waals surface area contributed by atoms with E-state index in [9.17, 15) is 0 Å². The summed E-state index contributed by atoms with van der Waals surface area (Å²) < 4.78 is 5.30. The number of hydrogen-bond acceptors (Lipinski definition) is 3. The highest BCUT2D eigenvalue weighted by molar-refractivity contribution is 5.24. The highest BCUT2D eigenvalue weighted by atomic mass is 16.5. The lowest BCUT2D eigenvalue weighted by molar-refractivity contribution is 0.368. The summed E-state index contributed by atoms with van der Waals surface area (Å²) in [6, 6.07) is 0. The number of aryl methyl sites for hydroxylation is 1. The Morgan fingerprint density at radius 3 is 3.00 bits per heavy atom. The Labute approximate surface area is 78.5 Å². The summed E-state index contributed by atoms with van der Waals surface area (Å²) in [4.78, 5) is 0. The molecule has 1 aliphatic rings. The third-order valence-electron chi connectivity index (χ3n) is 2.63. The summed E-state index contributed by atoms with van der Waals surface area (Å²) in [5, 5.41) is 7.23. The monoisotopic (exact) mass is 180 g/mol. The highest BCUT2D eigenvalue weighted by Gasteiger charge is 2.16. The van der Waals surface area contributed by atoms with Crippen LogP contribution in [0.25, 0.3) is 0 Å². The highest BCUT2D eigenvalue weighted by Crippen LogP contribution is 2.22. The van der Waals surface area contributed by atoms with Crippen LogP contribution in [0.2, 0.25) is 0 Å². The molecule has 0 saturated carbocycles. The second-order valence-corrected chi connectivity index (χ2v) is 3.62. The molecule has 3 nitrogen and oxygen atoms in total. The molecule has 13 heavy (non-hydrogen) atoms. The van der Waals surface area contributed by atoms with Crippen molar-refractivity contribution in [2.75, 3.05) is 7.05 Å². The van der Waals surface area contributed by atoms with Crippen LogP contribution in [-0.4, -0.2) is 12.2 Å². The minimum Gasteiger partial charge on any atom is -0.359 e. The Morgan fingerprint density at radius 2 is 2.15 bits per heavy atom. The van der Waals surface area contributed by atoms with Crippen LogP contribution >= 0.6 is 0 Å². The lowest BCUT2D eigenvalue weighted by atomic mass is 10.1. The van der Waals surface area contributed by atoms with Crippen molar-refractivity contribution in [3.05, 3.63) is 17.0 Å². The van der Waals surface area contributed by atoms with E-state index in [0.717, 1.165) is 25.1 Å². The van der Waals surface area contributed by atoms with Gasteiger partial charge in [0.25, 0.3) is 0 Å². The first-order valence-electron chi connectivity index (χ1n) is 5.02. The molecule has 2 rings (SSSR count). The molecule has 0 amide bonds. The van der Waals surface area contributed by atoms with Gasteiger partial charge in [0.1, 0.15) is 0 Å². The van der Waals surface area contributed by atoms with Gasteiger partial charge in [-0.25, -0.2) is 0 Å². The largest absolute Gasteiger partial charge is 0.359 e. The van der Waals surface area contributed by atoms with Crippen LogP contribution in [0, 0.1) is 0 Å². The number of rotatable bonds is 2. The molecule has 1 aliphatic carbocycles. The lowest BCUT2D eigenvalue weighted by Gasteiger charge is -1.98. The van der Waals surface area contributed by atoms with Gasteiger partial charge in [0.2, 0.25) is 0 Å². The average molecular weight is 180 g/mol. The van der Waals surface area contributed by atoms with Crippen LogP contribution in [0.4, 0.5) is 0 Å². The molecule has 0 aromatic carbocycles. The first kappa shape index (κ1) is 8.75. The molecule has 0 aliphatic heterocycles. The lowest BCUT2D eigenvalue weighted by Crippen LogP contribution is -2.06. The first-order valence-corrected chi connectivity index (χ1v) is 5.02. The van der Waals surface area contributed by atoms with Gasteiger partial charge in [0.15, 0.2) is 5.76 Å². The maximum atomic E-state index is 5.30. The van der Waals surface area contributed by atoms with Gasteiger partial charge >= 0.3 is 0 Å². The van der Waals surface area contributed by atoms with Crippen LogP contribution in [0.3, 0.4) is 0 Å². The van der Waals surface area contributed by atoms with Gasteiger partial charge in [0.05, 0.1) is 12.2 Å². The molecule has 1 heterocycles. The van der Waals surface area contributed by atoms with Gasteiger partial charge in [-0.3, -0.25) is 0 Å². The van der Waals surface area contributed by atoms with Crippen molar-refractivity contribution < 1.29 is 4.52 Å². The van der Waals surface area contributed by atoms with Crippen LogP contribution < -0.4 is 5.32 Å². The molecule has 1 aromatic heterocycles. The minimum absolute atomic E-state index is 0.808. The molecule has 0 fully saturated rings. The molecule has 0 unspecified atom stereocenters. The molecule has 1 N–H and O–H groups in total. The summed E-state index contributed by atoms with van der Waals surface area (Å²) in [5.74, 6) is 1.04. The predicted molar refractivity (Wildman–Crippen MR) is 50.5 cm³/mol. The fourth-order valence-electron chi connectivity index (χ4n) is 1.93. The smallest absolute Gasteiger partial charge is 0.153 e.